The van der Waals surface area contributed by atoms with Gasteiger partial charge in [0.2, 0.25) is 0 Å². The van der Waals surface area contributed by atoms with Crippen LogP contribution in [0.5, 0.6) is 0 Å². The van der Waals surface area contributed by atoms with Crippen LogP contribution in [0.3, 0.4) is 0 Å². The number of anilines is 1. The molecule has 1 fully saturated rings. The number of nitrogens with one attached hydrogen (secondary N) is 1. The van der Waals surface area contributed by atoms with Crippen LogP contribution in [0.15, 0.2) is 40.5 Å². The molecule has 4 rings (SSSR count). The van der Waals surface area contributed by atoms with E-state index in [9.17, 15) is 9.18 Å². The fourth-order valence-electron chi connectivity index (χ4n) is 3.52. The number of piperazine rings is 1. The van der Waals surface area contributed by atoms with E-state index < -0.39 is 0 Å². The molecule has 4 nitrogen and oxygen atoms in total. The molecule has 2 aromatic heterocycles. The normalized spacial score (nSPS) is 15.0. The average molecular weight is 357 g/mol. The molecule has 0 atom stereocenters. The molecule has 1 aromatic carbocycles. The molecule has 130 valence electrons. The molecule has 1 aliphatic heterocycles. The number of aromatic nitrogens is 1. The van der Waals surface area contributed by atoms with Crippen molar-refractivity contribution in [1.82, 2.24) is 9.88 Å². The molecule has 25 heavy (non-hydrogen) atoms. The first kappa shape index (κ1) is 16.3. The van der Waals surface area contributed by atoms with Crippen LogP contribution in [-0.2, 0) is 6.54 Å². The minimum Gasteiger partial charge on any atom is -0.367 e. The smallest absolute Gasteiger partial charge is 0.256 e. The number of thiophene rings is 1. The third-order valence-corrected chi connectivity index (χ3v) is 5.64. The Morgan fingerprint density at radius 2 is 2.04 bits per heavy atom. The van der Waals surface area contributed by atoms with Crippen molar-refractivity contribution in [2.24, 2.45) is 0 Å². The highest BCUT2D eigenvalue weighted by Crippen LogP contribution is 2.33. The lowest BCUT2D eigenvalue weighted by atomic mass is 10.1. The summed E-state index contributed by atoms with van der Waals surface area (Å²) in [4.78, 5) is 15.4. The van der Waals surface area contributed by atoms with Crippen molar-refractivity contribution in [3.63, 3.8) is 0 Å². The molecule has 0 aliphatic carbocycles. The van der Waals surface area contributed by atoms with Crippen molar-refractivity contribution in [3.05, 3.63) is 63.0 Å². The van der Waals surface area contributed by atoms with Crippen LogP contribution < -0.4 is 15.8 Å². The highest BCUT2D eigenvalue weighted by atomic mass is 32.1. The summed E-state index contributed by atoms with van der Waals surface area (Å²) in [5, 5.41) is 5.38. The van der Waals surface area contributed by atoms with E-state index in [4.69, 9.17) is 0 Å². The van der Waals surface area contributed by atoms with Gasteiger partial charge < -0.3 is 14.8 Å². The van der Waals surface area contributed by atoms with Gasteiger partial charge in [-0.3, -0.25) is 4.79 Å². The zero-order chi connectivity index (χ0) is 17.4. The first-order chi connectivity index (χ1) is 12.1. The highest BCUT2D eigenvalue weighted by molar-refractivity contribution is 7.17. The van der Waals surface area contributed by atoms with E-state index in [-0.39, 0.29) is 11.4 Å². The molecular formula is C19H20FN3OS. The maximum absolute atomic E-state index is 13.5. The summed E-state index contributed by atoms with van der Waals surface area (Å²) in [6.45, 7) is 5.95. The minimum absolute atomic E-state index is 0.00342. The summed E-state index contributed by atoms with van der Waals surface area (Å²) in [7, 11) is 0. The van der Waals surface area contributed by atoms with Crippen LogP contribution in [0, 0.1) is 12.7 Å². The topological polar surface area (TPSA) is 37.3 Å². The fraction of sp³-hybridized carbons (Fsp3) is 0.316. The van der Waals surface area contributed by atoms with Gasteiger partial charge in [0.25, 0.3) is 5.56 Å². The molecule has 0 bridgehead atoms. The summed E-state index contributed by atoms with van der Waals surface area (Å²) in [6, 6.07) is 8.44. The molecule has 1 aliphatic rings. The van der Waals surface area contributed by atoms with Gasteiger partial charge in [0, 0.05) is 31.7 Å². The number of hydrogen-bond acceptors (Lipinski definition) is 4. The van der Waals surface area contributed by atoms with Gasteiger partial charge in [-0.25, -0.2) is 4.39 Å². The van der Waals surface area contributed by atoms with Gasteiger partial charge in [-0.1, -0.05) is 12.1 Å². The largest absolute Gasteiger partial charge is 0.367 e. The van der Waals surface area contributed by atoms with Crippen LogP contribution in [0.2, 0.25) is 0 Å². The lowest BCUT2D eigenvalue weighted by Gasteiger charge is -2.31. The Morgan fingerprint density at radius 3 is 2.80 bits per heavy atom. The third kappa shape index (κ3) is 2.96. The molecular weight excluding hydrogens is 337 g/mol. The van der Waals surface area contributed by atoms with Crippen molar-refractivity contribution in [3.8, 4) is 0 Å². The second kappa shape index (κ2) is 6.61. The molecule has 3 aromatic rings. The maximum atomic E-state index is 13.5. The predicted octanol–water partition coefficient (Wildman–Crippen LogP) is 2.97. The summed E-state index contributed by atoms with van der Waals surface area (Å²) in [5.41, 5.74) is 3.56. The van der Waals surface area contributed by atoms with Crippen molar-refractivity contribution in [2.75, 3.05) is 31.1 Å². The first-order valence-corrected chi connectivity index (χ1v) is 9.34. The third-order valence-electron chi connectivity index (χ3n) is 4.73. The van der Waals surface area contributed by atoms with Crippen molar-refractivity contribution < 1.29 is 4.39 Å². The summed E-state index contributed by atoms with van der Waals surface area (Å²) >= 11 is 1.66. The Labute approximate surface area is 149 Å². The van der Waals surface area contributed by atoms with Gasteiger partial charge in [-0.15, -0.1) is 11.3 Å². The van der Waals surface area contributed by atoms with E-state index >= 15 is 0 Å². The molecule has 0 spiro atoms. The van der Waals surface area contributed by atoms with E-state index in [1.807, 2.05) is 24.4 Å². The van der Waals surface area contributed by atoms with Crippen LogP contribution in [0.1, 0.15) is 11.1 Å². The molecule has 6 heteroatoms. The van der Waals surface area contributed by atoms with E-state index in [1.165, 1.54) is 12.1 Å². The summed E-state index contributed by atoms with van der Waals surface area (Å²) in [6.07, 6.45) is 0. The van der Waals surface area contributed by atoms with Crippen LogP contribution in [0.25, 0.3) is 10.2 Å². The molecule has 1 saturated heterocycles. The zero-order valence-electron chi connectivity index (χ0n) is 14.1. The van der Waals surface area contributed by atoms with Crippen LogP contribution in [-0.4, -0.2) is 30.7 Å². The highest BCUT2D eigenvalue weighted by Gasteiger charge is 2.21. The van der Waals surface area contributed by atoms with Crippen LogP contribution in [0.4, 0.5) is 10.1 Å². The van der Waals surface area contributed by atoms with Gasteiger partial charge in [0.1, 0.15) is 5.82 Å². The Kier molecular flexibility index (Phi) is 4.31. The van der Waals surface area contributed by atoms with Gasteiger partial charge in [0.05, 0.1) is 22.4 Å². The molecule has 0 amide bonds. The number of halogens is 1. The average Bonchev–Trinajstić information content (AvgIpc) is 3.09. The first-order valence-electron chi connectivity index (χ1n) is 8.46. The summed E-state index contributed by atoms with van der Waals surface area (Å²) in [5.74, 6) is -0.277. The monoisotopic (exact) mass is 357 g/mol. The maximum Gasteiger partial charge on any atom is 0.256 e. The number of hydrogen-bond donors (Lipinski definition) is 1. The van der Waals surface area contributed by atoms with E-state index in [1.54, 1.807) is 22.0 Å². The quantitative estimate of drug-likeness (QED) is 0.783. The number of rotatable bonds is 3. The molecule has 0 unspecified atom stereocenters. The molecule has 0 saturated carbocycles. The van der Waals surface area contributed by atoms with Gasteiger partial charge in [-0.2, -0.15) is 0 Å². The Hall–Kier alpha value is -2.18. The zero-order valence-corrected chi connectivity index (χ0v) is 14.9. The van der Waals surface area contributed by atoms with E-state index in [0.717, 1.165) is 53.2 Å². The molecule has 1 N–H and O–H groups in total. The number of pyridine rings is 1. The SMILES string of the molecule is Cc1c(N2CCNCC2)c2sccc2n(Cc2cccc(F)c2)c1=O. The molecule has 0 radical (unpaired) electrons. The fourth-order valence-corrected chi connectivity index (χ4v) is 4.55. The Morgan fingerprint density at radius 1 is 1.24 bits per heavy atom. The number of fused-ring (bicyclic) bond motifs is 1. The lowest BCUT2D eigenvalue weighted by molar-refractivity contribution is 0.589. The van der Waals surface area contributed by atoms with Gasteiger partial charge in [0.15, 0.2) is 0 Å². The standard InChI is InChI=1S/C19H20FN3OS/c1-13-17(22-8-6-21-7-9-22)18-16(5-10-25-18)23(19(13)24)12-14-3-2-4-15(20)11-14/h2-5,10-11,21H,6-9,12H2,1H3. The predicted molar refractivity (Wildman–Crippen MR) is 101 cm³/mol. The summed E-state index contributed by atoms with van der Waals surface area (Å²) < 4.78 is 16.4. The Balaban J connectivity index is 1.85. The van der Waals surface area contributed by atoms with E-state index in [0.29, 0.717) is 6.54 Å². The van der Waals surface area contributed by atoms with Gasteiger partial charge in [-0.05, 0) is 36.1 Å². The minimum atomic E-state index is -0.277. The van der Waals surface area contributed by atoms with E-state index in [2.05, 4.69) is 10.2 Å². The van der Waals surface area contributed by atoms with Crippen LogP contribution >= 0.6 is 11.3 Å². The van der Waals surface area contributed by atoms with Crippen molar-refractivity contribution in [2.45, 2.75) is 13.5 Å². The molecule has 3 heterocycles. The number of benzene rings is 1. The lowest BCUT2D eigenvalue weighted by Crippen LogP contribution is -2.44. The number of nitrogens with zero attached hydrogens (tertiary/aromatic N) is 2. The van der Waals surface area contributed by atoms with Crippen molar-refractivity contribution >= 4 is 27.2 Å². The second-order valence-electron chi connectivity index (χ2n) is 6.37. The Bertz CT molecular complexity index is 972. The van der Waals surface area contributed by atoms with Crippen molar-refractivity contribution in [1.29, 1.82) is 0 Å². The van der Waals surface area contributed by atoms with Gasteiger partial charge >= 0.3 is 0 Å². The second-order valence-corrected chi connectivity index (χ2v) is 7.28.